The van der Waals surface area contributed by atoms with Crippen LogP contribution in [0.3, 0.4) is 0 Å². The van der Waals surface area contributed by atoms with Gasteiger partial charge in [-0.25, -0.2) is 4.98 Å². The summed E-state index contributed by atoms with van der Waals surface area (Å²) >= 11 is 3.37. The summed E-state index contributed by atoms with van der Waals surface area (Å²) in [6.07, 6.45) is 3.74. The molecule has 0 aliphatic rings. The molecular formula is C21H13BrN2O3. The standard InChI is InChI=1S/C21H13BrN2O3/c22-19-13-16(24(25)26)8-11-18(19)21-12-10-17(27-21)9-7-15-6-5-14-3-1-2-4-20(14)23-15/h1-13H/b9-7+. The number of nitrogens with zero attached hydrogens (tertiary/aromatic N) is 2. The third kappa shape index (κ3) is 3.66. The number of non-ortho nitro benzene ring substituents is 1. The van der Waals surface area contributed by atoms with E-state index in [1.54, 1.807) is 6.07 Å². The van der Waals surface area contributed by atoms with Crippen LogP contribution in [0.25, 0.3) is 34.4 Å². The van der Waals surface area contributed by atoms with Crippen LogP contribution in [-0.4, -0.2) is 9.91 Å². The van der Waals surface area contributed by atoms with Gasteiger partial charge in [0.05, 0.1) is 16.1 Å². The average molecular weight is 421 g/mol. The van der Waals surface area contributed by atoms with E-state index in [4.69, 9.17) is 4.42 Å². The van der Waals surface area contributed by atoms with Crippen molar-refractivity contribution in [1.82, 2.24) is 4.98 Å². The van der Waals surface area contributed by atoms with Crippen molar-refractivity contribution in [3.05, 3.63) is 92.8 Å². The minimum Gasteiger partial charge on any atom is -0.457 e. The van der Waals surface area contributed by atoms with Gasteiger partial charge in [-0.3, -0.25) is 10.1 Å². The van der Waals surface area contributed by atoms with Crippen molar-refractivity contribution < 1.29 is 9.34 Å². The summed E-state index contributed by atoms with van der Waals surface area (Å²) < 4.78 is 6.45. The summed E-state index contributed by atoms with van der Waals surface area (Å²) in [5, 5.41) is 11.9. The molecule has 6 heteroatoms. The lowest BCUT2D eigenvalue weighted by atomic mass is 10.1. The average Bonchev–Trinajstić information content (AvgIpc) is 3.14. The molecule has 2 aromatic heterocycles. The number of nitro benzene ring substituents is 1. The second-order valence-electron chi connectivity index (χ2n) is 5.89. The lowest BCUT2D eigenvalue weighted by molar-refractivity contribution is -0.384. The van der Waals surface area contributed by atoms with E-state index in [2.05, 4.69) is 20.9 Å². The van der Waals surface area contributed by atoms with Crippen LogP contribution in [-0.2, 0) is 0 Å². The molecule has 0 aliphatic heterocycles. The molecule has 0 atom stereocenters. The number of para-hydroxylation sites is 1. The van der Waals surface area contributed by atoms with Gasteiger partial charge in [-0.15, -0.1) is 0 Å². The number of fused-ring (bicyclic) bond motifs is 1. The lowest BCUT2D eigenvalue weighted by Crippen LogP contribution is -1.88. The number of rotatable bonds is 4. The van der Waals surface area contributed by atoms with Gasteiger partial charge in [0.15, 0.2) is 0 Å². The predicted molar refractivity (Wildman–Crippen MR) is 109 cm³/mol. The first-order valence-electron chi connectivity index (χ1n) is 8.18. The second-order valence-corrected chi connectivity index (χ2v) is 6.74. The number of furan rings is 1. The highest BCUT2D eigenvalue weighted by atomic mass is 79.9. The smallest absolute Gasteiger partial charge is 0.270 e. The molecule has 2 heterocycles. The molecule has 0 fully saturated rings. The first-order chi connectivity index (χ1) is 13.1. The normalized spacial score (nSPS) is 11.3. The molecule has 0 saturated carbocycles. The molecule has 0 saturated heterocycles. The number of hydrogen-bond donors (Lipinski definition) is 0. The number of halogens is 1. The van der Waals surface area contributed by atoms with Gasteiger partial charge in [0, 0.05) is 27.6 Å². The van der Waals surface area contributed by atoms with E-state index in [1.807, 2.05) is 60.7 Å². The summed E-state index contributed by atoms with van der Waals surface area (Å²) in [5.41, 5.74) is 2.56. The van der Waals surface area contributed by atoms with E-state index in [-0.39, 0.29) is 5.69 Å². The monoisotopic (exact) mass is 420 g/mol. The molecule has 0 spiro atoms. The number of aromatic nitrogens is 1. The van der Waals surface area contributed by atoms with Crippen molar-refractivity contribution in [2.75, 3.05) is 0 Å². The van der Waals surface area contributed by atoms with E-state index in [1.165, 1.54) is 12.1 Å². The largest absolute Gasteiger partial charge is 0.457 e. The van der Waals surface area contributed by atoms with Gasteiger partial charge in [-0.2, -0.15) is 0 Å². The van der Waals surface area contributed by atoms with E-state index in [9.17, 15) is 10.1 Å². The first-order valence-corrected chi connectivity index (χ1v) is 8.97. The van der Waals surface area contributed by atoms with Crippen molar-refractivity contribution in [2.24, 2.45) is 0 Å². The fourth-order valence-electron chi connectivity index (χ4n) is 2.75. The van der Waals surface area contributed by atoms with Crippen LogP contribution >= 0.6 is 15.9 Å². The van der Waals surface area contributed by atoms with Crippen molar-refractivity contribution >= 4 is 44.7 Å². The third-order valence-electron chi connectivity index (χ3n) is 4.09. The van der Waals surface area contributed by atoms with Crippen molar-refractivity contribution in [2.45, 2.75) is 0 Å². The maximum absolute atomic E-state index is 10.9. The Hall–Kier alpha value is -3.25. The van der Waals surface area contributed by atoms with E-state index >= 15 is 0 Å². The maximum Gasteiger partial charge on any atom is 0.270 e. The highest BCUT2D eigenvalue weighted by molar-refractivity contribution is 9.10. The SMILES string of the molecule is O=[N+]([O-])c1ccc(-c2ccc(/C=C/c3ccc4ccccc4n3)o2)c(Br)c1. The van der Waals surface area contributed by atoms with Gasteiger partial charge in [-0.1, -0.05) is 24.3 Å². The molecule has 2 aromatic carbocycles. The maximum atomic E-state index is 10.9. The van der Waals surface area contributed by atoms with Crippen LogP contribution in [0.5, 0.6) is 0 Å². The Morgan fingerprint density at radius 1 is 1.00 bits per heavy atom. The molecule has 4 rings (SSSR count). The van der Waals surface area contributed by atoms with Crippen LogP contribution < -0.4 is 0 Å². The van der Waals surface area contributed by atoms with Gasteiger partial charge in [0.25, 0.3) is 5.69 Å². The van der Waals surface area contributed by atoms with Crippen LogP contribution in [0.1, 0.15) is 11.5 Å². The second kappa shape index (κ2) is 7.17. The number of benzene rings is 2. The van der Waals surface area contributed by atoms with Crippen LogP contribution in [0.15, 0.2) is 75.6 Å². The quantitative estimate of drug-likeness (QED) is 0.285. The molecule has 0 unspecified atom stereocenters. The Morgan fingerprint density at radius 2 is 1.85 bits per heavy atom. The molecule has 132 valence electrons. The molecule has 27 heavy (non-hydrogen) atoms. The zero-order chi connectivity index (χ0) is 18.8. The van der Waals surface area contributed by atoms with Crippen LogP contribution in [0.4, 0.5) is 5.69 Å². The molecule has 0 amide bonds. The van der Waals surface area contributed by atoms with Gasteiger partial charge in [0.1, 0.15) is 11.5 Å². The molecule has 0 aliphatic carbocycles. The van der Waals surface area contributed by atoms with Gasteiger partial charge < -0.3 is 4.42 Å². The Balaban J connectivity index is 1.58. The Bertz CT molecular complexity index is 1180. The lowest BCUT2D eigenvalue weighted by Gasteiger charge is -2.01. The predicted octanol–water partition coefficient (Wildman–Crippen LogP) is 6.34. The molecule has 0 radical (unpaired) electrons. The van der Waals surface area contributed by atoms with E-state index < -0.39 is 4.92 Å². The highest BCUT2D eigenvalue weighted by Crippen LogP contribution is 2.32. The van der Waals surface area contributed by atoms with Crippen molar-refractivity contribution in [3.63, 3.8) is 0 Å². The fourth-order valence-corrected chi connectivity index (χ4v) is 3.31. The summed E-state index contributed by atoms with van der Waals surface area (Å²) in [6, 6.07) is 20.2. The highest BCUT2D eigenvalue weighted by Gasteiger charge is 2.12. The Morgan fingerprint density at radius 3 is 2.67 bits per heavy atom. The van der Waals surface area contributed by atoms with E-state index in [0.717, 1.165) is 22.2 Å². The number of pyridine rings is 1. The molecule has 5 nitrogen and oxygen atoms in total. The Kier molecular flexibility index (Phi) is 4.56. The summed E-state index contributed by atoms with van der Waals surface area (Å²) in [5.74, 6) is 1.30. The van der Waals surface area contributed by atoms with Crippen molar-refractivity contribution in [3.8, 4) is 11.3 Å². The van der Waals surface area contributed by atoms with Crippen LogP contribution in [0, 0.1) is 10.1 Å². The van der Waals surface area contributed by atoms with E-state index in [0.29, 0.717) is 16.0 Å². The number of hydrogen-bond acceptors (Lipinski definition) is 4. The first kappa shape index (κ1) is 17.2. The molecular weight excluding hydrogens is 408 g/mol. The fraction of sp³-hybridized carbons (Fsp3) is 0. The minimum absolute atomic E-state index is 0.0275. The van der Waals surface area contributed by atoms with Crippen LogP contribution in [0.2, 0.25) is 0 Å². The molecule has 0 N–H and O–H groups in total. The number of nitro groups is 1. The van der Waals surface area contributed by atoms with Gasteiger partial charge in [-0.05, 0) is 58.4 Å². The summed E-state index contributed by atoms with van der Waals surface area (Å²) in [7, 11) is 0. The molecule has 0 bridgehead atoms. The molecule has 4 aromatic rings. The topological polar surface area (TPSA) is 69.2 Å². The minimum atomic E-state index is -0.429. The summed E-state index contributed by atoms with van der Waals surface area (Å²) in [4.78, 5) is 15.0. The Labute approximate surface area is 163 Å². The van der Waals surface area contributed by atoms with Gasteiger partial charge >= 0.3 is 0 Å². The summed E-state index contributed by atoms with van der Waals surface area (Å²) in [6.45, 7) is 0. The zero-order valence-corrected chi connectivity index (χ0v) is 15.6. The zero-order valence-electron chi connectivity index (χ0n) is 14.0. The van der Waals surface area contributed by atoms with Crippen molar-refractivity contribution in [1.29, 1.82) is 0 Å². The van der Waals surface area contributed by atoms with Gasteiger partial charge in [0.2, 0.25) is 0 Å². The third-order valence-corrected chi connectivity index (χ3v) is 4.75.